The summed E-state index contributed by atoms with van der Waals surface area (Å²) in [6.07, 6.45) is 1.29. The number of methoxy groups -OCH3 is 2. The van der Waals surface area contributed by atoms with E-state index in [1.165, 1.54) is 6.42 Å². The summed E-state index contributed by atoms with van der Waals surface area (Å²) in [4.78, 5) is 6.81. The molecule has 0 amide bonds. The van der Waals surface area contributed by atoms with Gasteiger partial charge in [0.2, 0.25) is 0 Å². The minimum Gasteiger partial charge on any atom is -0.493 e. The highest BCUT2D eigenvalue weighted by Crippen LogP contribution is 2.27. The van der Waals surface area contributed by atoms with Gasteiger partial charge in [-0.2, -0.15) is 0 Å². The number of hydrogen-bond acceptors (Lipinski definition) is 3. The maximum atomic E-state index is 5.36. The Morgan fingerprint density at radius 2 is 1.79 bits per heavy atom. The summed E-state index contributed by atoms with van der Waals surface area (Å²) in [7, 11) is 5.15. The van der Waals surface area contributed by atoms with Crippen LogP contribution in [0.3, 0.4) is 0 Å². The molecule has 1 aromatic carbocycles. The maximum absolute atomic E-state index is 5.36. The van der Waals surface area contributed by atoms with Crippen LogP contribution in [-0.4, -0.2) is 45.2 Å². The number of ether oxygens (including phenoxy) is 2. The molecule has 2 atom stereocenters. The summed E-state index contributed by atoms with van der Waals surface area (Å²) in [5, 5.41) is 3.46. The lowest BCUT2D eigenvalue weighted by molar-refractivity contribution is 0.208. The third kappa shape index (κ3) is 5.43. The highest BCUT2D eigenvalue weighted by molar-refractivity contribution is 14.0. The quantitative estimate of drug-likeness (QED) is 0.437. The molecule has 0 aliphatic carbocycles. The molecule has 1 aliphatic rings. The molecule has 6 heteroatoms. The topological polar surface area (TPSA) is 46.1 Å². The molecule has 1 fully saturated rings. The number of nitrogens with one attached hydrogen (secondary N) is 1. The molecule has 5 nitrogen and oxygen atoms in total. The minimum atomic E-state index is 0. The molecule has 24 heavy (non-hydrogen) atoms. The number of piperidine rings is 1. The Hall–Kier alpha value is -1.18. The zero-order valence-corrected chi connectivity index (χ0v) is 17.7. The summed E-state index contributed by atoms with van der Waals surface area (Å²) in [5.74, 6) is 3.89. The van der Waals surface area contributed by atoms with Crippen LogP contribution in [0.5, 0.6) is 11.5 Å². The third-order valence-electron chi connectivity index (χ3n) is 4.28. The molecule has 1 saturated heterocycles. The fraction of sp³-hybridized carbons (Fsp3) is 0.611. The first-order valence-corrected chi connectivity index (χ1v) is 8.23. The SMILES string of the molecule is CN=C(NCc1ccc(OC)c(OC)c1)N1CC(C)CC(C)C1.I. The molecule has 1 aliphatic heterocycles. The highest BCUT2D eigenvalue weighted by Gasteiger charge is 2.23. The van der Waals surface area contributed by atoms with Crippen molar-refractivity contribution in [1.29, 1.82) is 0 Å². The summed E-state index contributed by atoms with van der Waals surface area (Å²) < 4.78 is 10.6. The van der Waals surface area contributed by atoms with E-state index in [-0.39, 0.29) is 24.0 Å². The van der Waals surface area contributed by atoms with Gasteiger partial charge in [-0.3, -0.25) is 4.99 Å². The van der Waals surface area contributed by atoms with Gasteiger partial charge in [0, 0.05) is 26.7 Å². The van der Waals surface area contributed by atoms with Crippen LogP contribution in [0.2, 0.25) is 0 Å². The molecule has 2 rings (SSSR count). The first-order valence-electron chi connectivity index (χ1n) is 8.23. The molecule has 0 radical (unpaired) electrons. The van der Waals surface area contributed by atoms with E-state index in [1.54, 1.807) is 14.2 Å². The molecule has 0 spiro atoms. The van der Waals surface area contributed by atoms with Crippen molar-refractivity contribution in [2.45, 2.75) is 26.8 Å². The summed E-state index contributed by atoms with van der Waals surface area (Å²) in [6, 6.07) is 5.98. The average Bonchev–Trinajstić information content (AvgIpc) is 2.54. The van der Waals surface area contributed by atoms with Gasteiger partial charge < -0.3 is 19.7 Å². The second-order valence-electron chi connectivity index (χ2n) is 6.44. The number of halogens is 1. The van der Waals surface area contributed by atoms with Crippen molar-refractivity contribution in [3.8, 4) is 11.5 Å². The Balaban J connectivity index is 0.00000288. The normalized spacial score (nSPS) is 21.0. The Kier molecular flexibility index (Phi) is 8.66. The molecule has 1 N–H and O–H groups in total. The van der Waals surface area contributed by atoms with Crippen molar-refractivity contribution < 1.29 is 9.47 Å². The van der Waals surface area contributed by atoms with Gasteiger partial charge in [-0.05, 0) is 36.0 Å². The van der Waals surface area contributed by atoms with E-state index in [2.05, 4.69) is 29.1 Å². The zero-order chi connectivity index (χ0) is 16.8. The number of guanidine groups is 1. The van der Waals surface area contributed by atoms with Gasteiger partial charge >= 0.3 is 0 Å². The van der Waals surface area contributed by atoms with Gasteiger partial charge in [0.15, 0.2) is 17.5 Å². The van der Waals surface area contributed by atoms with Crippen molar-refractivity contribution >= 4 is 29.9 Å². The van der Waals surface area contributed by atoms with E-state index >= 15 is 0 Å². The smallest absolute Gasteiger partial charge is 0.193 e. The number of rotatable bonds is 4. The lowest BCUT2D eigenvalue weighted by Crippen LogP contribution is -2.48. The number of hydrogen-bond donors (Lipinski definition) is 1. The van der Waals surface area contributed by atoms with Crippen LogP contribution < -0.4 is 14.8 Å². The Morgan fingerprint density at radius 1 is 1.17 bits per heavy atom. The second-order valence-corrected chi connectivity index (χ2v) is 6.44. The molecule has 1 heterocycles. The molecule has 0 aromatic heterocycles. The van der Waals surface area contributed by atoms with E-state index in [0.717, 1.165) is 36.1 Å². The number of nitrogens with zero attached hydrogens (tertiary/aromatic N) is 2. The van der Waals surface area contributed by atoms with Gasteiger partial charge in [0.1, 0.15) is 0 Å². The van der Waals surface area contributed by atoms with Crippen LogP contribution in [0.25, 0.3) is 0 Å². The van der Waals surface area contributed by atoms with Gasteiger partial charge in [0.05, 0.1) is 14.2 Å². The molecular weight excluding hydrogens is 417 g/mol. The standard InChI is InChI=1S/C18H29N3O2.HI/c1-13-8-14(2)12-21(11-13)18(19-3)20-10-15-6-7-16(22-4)17(9-15)23-5;/h6-7,9,13-14H,8,10-12H2,1-5H3,(H,19,20);1H. The fourth-order valence-corrected chi connectivity index (χ4v) is 3.34. The molecule has 0 bridgehead atoms. The minimum absolute atomic E-state index is 0. The number of benzene rings is 1. The van der Waals surface area contributed by atoms with Crippen LogP contribution in [0.4, 0.5) is 0 Å². The first-order chi connectivity index (χ1) is 11.1. The summed E-state index contributed by atoms with van der Waals surface area (Å²) in [5.41, 5.74) is 1.14. The number of aliphatic imine (C=N–C) groups is 1. The monoisotopic (exact) mass is 447 g/mol. The van der Waals surface area contributed by atoms with Crippen molar-refractivity contribution in [3.63, 3.8) is 0 Å². The van der Waals surface area contributed by atoms with Gasteiger partial charge in [-0.15, -0.1) is 24.0 Å². The van der Waals surface area contributed by atoms with Crippen molar-refractivity contribution in [2.75, 3.05) is 34.4 Å². The second kappa shape index (κ2) is 9.96. The largest absolute Gasteiger partial charge is 0.493 e. The Labute approximate surface area is 162 Å². The van der Waals surface area contributed by atoms with E-state index in [0.29, 0.717) is 18.4 Å². The van der Waals surface area contributed by atoms with Crippen molar-refractivity contribution in [3.05, 3.63) is 23.8 Å². The maximum Gasteiger partial charge on any atom is 0.193 e. The van der Waals surface area contributed by atoms with E-state index < -0.39 is 0 Å². The highest BCUT2D eigenvalue weighted by atomic mass is 127. The lowest BCUT2D eigenvalue weighted by atomic mass is 9.92. The molecular formula is C18H30IN3O2. The third-order valence-corrected chi connectivity index (χ3v) is 4.28. The van der Waals surface area contributed by atoms with Crippen LogP contribution in [0.15, 0.2) is 23.2 Å². The zero-order valence-electron chi connectivity index (χ0n) is 15.3. The van der Waals surface area contributed by atoms with Crippen molar-refractivity contribution in [2.24, 2.45) is 16.8 Å². The Bertz CT molecular complexity index is 541. The Morgan fingerprint density at radius 3 is 2.33 bits per heavy atom. The predicted octanol–water partition coefficient (Wildman–Crippen LogP) is 3.38. The van der Waals surface area contributed by atoms with Crippen molar-refractivity contribution in [1.82, 2.24) is 10.2 Å². The lowest BCUT2D eigenvalue weighted by Gasteiger charge is -2.37. The van der Waals surface area contributed by atoms with Gasteiger partial charge in [0.25, 0.3) is 0 Å². The average molecular weight is 447 g/mol. The van der Waals surface area contributed by atoms with Crippen LogP contribution in [0, 0.1) is 11.8 Å². The predicted molar refractivity (Wildman–Crippen MR) is 110 cm³/mol. The first kappa shape index (κ1) is 20.9. The van der Waals surface area contributed by atoms with Crippen LogP contribution >= 0.6 is 24.0 Å². The fourth-order valence-electron chi connectivity index (χ4n) is 3.34. The van der Waals surface area contributed by atoms with E-state index in [4.69, 9.17) is 9.47 Å². The molecule has 0 saturated carbocycles. The molecule has 1 aromatic rings. The van der Waals surface area contributed by atoms with Crippen LogP contribution in [0.1, 0.15) is 25.8 Å². The molecule has 2 unspecified atom stereocenters. The summed E-state index contributed by atoms with van der Waals surface area (Å²) in [6.45, 7) is 7.47. The van der Waals surface area contributed by atoms with Crippen LogP contribution in [-0.2, 0) is 6.54 Å². The molecule has 136 valence electrons. The number of likely N-dealkylation sites (tertiary alicyclic amines) is 1. The van der Waals surface area contributed by atoms with E-state index in [9.17, 15) is 0 Å². The summed E-state index contributed by atoms with van der Waals surface area (Å²) >= 11 is 0. The van der Waals surface area contributed by atoms with Gasteiger partial charge in [-0.25, -0.2) is 0 Å². The van der Waals surface area contributed by atoms with E-state index in [1.807, 2.05) is 25.2 Å². The van der Waals surface area contributed by atoms with Gasteiger partial charge in [-0.1, -0.05) is 19.9 Å².